The first-order chi connectivity index (χ1) is 11.6. The summed E-state index contributed by atoms with van der Waals surface area (Å²) in [4.78, 5) is 17.1. The number of carbonyl (C=O) groups is 1. The molecular weight excluding hydrogens is 320 g/mol. The van der Waals surface area contributed by atoms with Crippen molar-refractivity contribution in [3.63, 3.8) is 0 Å². The van der Waals surface area contributed by atoms with Gasteiger partial charge >= 0.3 is 5.97 Å². The lowest BCUT2D eigenvalue weighted by molar-refractivity contribution is -0.885. The van der Waals surface area contributed by atoms with Crippen LogP contribution in [0.15, 0.2) is 30.3 Å². The molecule has 0 aliphatic carbocycles. The fourth-order valence-corrected chi connectivity index (χ4v) is 4.57. The van der Waals surface area contributed by atoms with Crippen LogP contribution < -0.4 is 4.90 Å². The second-order valence-corrected chi connectivity index (χ2v) is 8.32. The van der Waals surface area contributed by atoms with E-state index in [0.29, 0.717) is 0 Å². The van der Waals surface area contributed by atoms with Gasteiger partial charge in [0, 0.05) is 37.4 Å². The maximum atomic E-state index is 13.2. The van der Waals surface area contributed by atoms with Gasteiger partial charge in [-0.05, 0) is 12.5 Å². The van der Waals surface area contributed by atoms with Crippen molar-refractivity contribution < 1.29 is 14.4 Å². The van der Waals surface area contributed by atoms with E-state index in [1.807, 2.05) is 36.9 Å². The molecule has 1 aromatic rings. The Morgan fingerprint density at radius 2 is 1.83 bits per heavy atom. The lowest BCUT2D eigenvalue weighted by Gasteiger charge is -2.42. The highest BCUT2D eigenvalue weighted by molar-refractivity contribution is 7.99. The first-order valence-electron chi connectivity index (χ1n) is 9.01. The van der Waals surface area contributed by atoms with Gasteiger partial charge in [0.2, 0.25) is 0 Å². The molecule has 2 aliphatic rings. The molecule has 0 bridgehead atoms. The van der Waals surface area contributed by atoms with Crippen LogP contribution in [0.3, 0.4) is 0 Å². The summed E-state index contributed by atoms with van der Waals surface area (Å²) in [5, 5.41) is 0. The van der Waals surface area contributed by atoms with Crippen molar-refractivity contribution in [2.45, 2.75) is 31.4 Å². The molecule has 1 aromatic carbocycles. The van der Waals surface area contributed by atoms with E-state index < -0.39 is 5.54 Å². The average molecular weight is 350 g/mol. The molecule has 2 saturated heterocycles. The zero-order chi connectivity index (χ0) is 17.0. The SMILES string of the molecule is C[NH+]1CCC(OC(=O)C(C)(c2ccccc2)N2CCSCC2)CC1. The van der Waals surface area contributed by atoms with Gasteiger partial charge in [0.15, 0.2) is 0 Å². The number of nitrogens with zero attached hydrogens (tertiary/aromatic N) is 1. The number of benzene rings is 1. The molecule has 0 amide bonds. The summed E-state index contributed by atoms with van der Waals surface area (Å²) >= 11 is 1.96. The van der Waals surface area contributed by atoms with E-state index in [9.17, 15) is 4.79 Å². The maximum absolute atomic E-state index is 13.2. The first kappa shape index (κ1) is 17.8. The summed E-state index contributed by atoms with van der Waals surface area (Å²) < 4.78 is 6.01. The predicted molar refractivity (Wildman–Crippen MR) is 98.4 cm³/mol. The molecule has 0 radical (unpaired) electrons. The molecule has 2 heterocycles. The highest BCUT2D eigenvalue weighted by atomic mass is 32.2. The van der Waals surface area contributed by atoms with Crippen LogP contribution in [-0.2, 0) is 15.1 Å². The van der Waals surface area contributed by atoms with Crippen molar-refractivity contribution in [1.29, 1.82) is 0 Å². The van der Waals surface area contributed by atoms with Gasteiger partial charge in [-0.15, -0.1) is 0 Å². The number of carbonyl (C=O) groups excluding carboxylic acids is 1. The van der Waals surface area contributed by atoms with Crippen LogP contribution in [-0.4, -0.2) is 61.7 Å². The number of quaternary nitrogens is 1. The summed E-state index contributed by atoms with van der Waals surface area (Å²) in [6, 6.07) is 10.1. The second-order valence-electron chi connectivity index (χ2n) is 7.10. The predicted octanol–water partition coefficient (Wildman–Crippen LogP) is 1.17. The topological polar surface area (TPSA) is 34.0 Å². The van der Waals surface area contributed by atoms with E-state index in [2.05, 4.69) is 24.1 Å². The number of ether oxygens (including phenoxy) is 1. The number of hydrogen-bond donors (Lipinski definition) is 1. The summed E-state index contributed by atoms with van der Waals surface area (Å²) in [5.74, 6) is 2.07. The van der Waals surface area contributed by atoms with Gasteiger partial charge in [-0.25, -0.2) is 4.79 Å². The normalized spacial score (nSPS) is 28.1. The number of esters is 1. The van der Waals surface area contributed by atoms with Crippen molar-refractivity contribution in [1.82, 2.24) is 4.90 Å². The molecule has 132 valence electrons. The van der Waals surface area contributed by atoms with Crippen LogP contribution in [0, 0.1) is 0 Å². The Labute approximate surface area is 149 Å². The Balaban J connectivity index is 1.80. The zero-order valence-electron chi connectivity index (χ0n) is 14.8. The van der Waals surface area contributed by atoms with Gasteiger partial charge in [0.25, 0.3) is 0 Å². The lowest BCUT2D eigenvalue weighted by atomic mass is 9.89. The van der Waals surface area contributed by atoms with Crippen molar-refractivity contribution in [2.75, 3.05) is 44.7 Å². The van der Waals surface area contributed by atoms with Crippen LogP contribution in [0.5, 0.6) is 0 Å². The van der Waals surface area contributed by atoms with Gasteiger partial charge in [0.05, 0.1) is 20.1 Å². The minimum absolute atomic E-state index is 0.0726. The van der Waals surface area contributed by atoms with Crippen LogP contribution in [0.4, 0.5) is 0 Å². The second kappa shape index (κ2) is 7.89. The number of likely N-dealkylation sites (tertiary alicyclic amines) is 1. The molecule has 0 saturated carbocycles. The molecular formula is C19H29N2O2S+. The van der Waals surface area contributed by atoms with Gasteiger partial charge in [0.1, 0.15) is 11.6 Å². The van der Waals surface area contributed by atoms with Crippen molar-refractivity contribution in [2.24, 2.45) is 0 Å². The Hall–Kier alpha value is -1.04. The molecule has 2 fully saturated rings. The van der Waals surface area contributed by atoms with Crippen LogP contribution in [0.1, 0.15) is 25.3 Å². The highest BCUT2D eigenvalue weighted by Gasteiger charge is 2.44. The molecule has 1 N–H and O–H groups in total. The first-order valence-corrected chi connectivity index (χ1v) is 10.2. The Morgan fingerprint density at radius 3 is 2.46 bits per heavy atom. The minimum Gasteiger partial charge on any atom is -0.460 e. The molecule has 3 rings (SSSR count). The summed E-state index contributed by atoms with van der Waals surface area (Å²) in [6.07, 6.45) is 2.01. The molecule has 1 unspecified atom stereocenters. The van der Waals surface area contributed by atoms with Gasteiger partial charge in [-0.2, -0.15) is 11.8 Å². The number of nitrogens with one attached hydrogen (secondary N) is 1. The molecule has 0 aromatic heterocycles. The summed E-state index contributed by atoms with van der Waals surface area (Å²) in [7, 11) is 2.21. The smallest absolute Gasteiger partial charge is 0.331 e. The molecule has 4 nitrogen and oxygen atoms in total. The van der Waals surface area contributed by atoms with E-state index in [1.54, 1.807) is 0 Å². The fourth-order valence-electron chi connectivity index (χ4n) is 3.67. The van der Waals surface area contributed by atoms with Crippen molar-refractivity contribution >= 4 is 17.7 Å². The highest BCUT2D eigenvalue weighted by Crippen LogP contribution is 2.33. The minimum atomic E-state index is -0.682. The van der Waals surface area contributed by atoms with E-state index in [0.717, 1.165) is 56.1 Å². The zero-order valence-corrected chi connectivity index (χ0v) is 15.6. The third kappa shape index (κ3) is 3.79. The van der Waals surface area contributed by atoms with E-state index in [1.165, 1.54) is 4.90 Å². The van der Waals surface area contributed by atoms with E-state index in [-0.39, 0.29) is 12.1 Å². The molecule has 24 heavy (non-hydrogen) atoms. The van der Waals surface area contributed by atoms with Gasteiger partial charge in [-0.3, -0.25) is 4.90 Å². The van der Waals surface area contributed by atoms with Crippen LogP contribution >= 0.6 is 11.8 Å². The Bertz CT molecular complexity index is 540. The number of thioether (sulfide) groups is 1. The third-order valence-electron chi connectivity index (χ3n) is 5.44. The maximum Gasteiger partial charge on any atom is 0.331 e. The quantitative estimate of drug-likeness (QED) is 0.828. The third-order valence-corrected chi connectivity index (χ3v) is 6.38. The summed E-state index contributed by atoms with van der Waals surface area (Å²) in [5.41, 5.74) is 0.360. The fraction of sp³-hybridized carbons (Fsp3) is 0.632. The van der Waals surface area contributed by atoms with Gasteiger partial charge in [-0.1, -0.05) is 30.3 Å². The number of hydrogen-bond acceptors (Lipinski definition) is 4. The van der Waals surface area contributed by atoms with Crippen LogP contribution in [0.2, 0.25) is 0 Å². The van der Waals surface area contributed by atoms with Gasteiger partial charge < -0.3 is 9.64 Å². The molecule has 0 spiro atoms. The van der Waals surface area contributed by atoms with Crippen LogP contribution in [0.25, 0.3) is 0 Å². The molecule has 2 aliphatic heterocycles. The number of rotatable bonds is 4. The Morgan fingerprint density at radius 1 is 1.21 bits per heavy atom. The number of piperidine rings is 1. The van der Waals surface area contributed by atoms with E-state index in [4.69, 9.17) is 4.74 Å². The summed E-state index contributed by atoms with van der Waals surface area (Å²) in [6.45, 7) is 6.08. The Kier molecular flexibility index (Phi) is 5.85. The monoisotopic (exact) mass is 349 g/mol. The standard InChI is InChI=1S/C19H28N2O2S/c1-19(16-6-4-3-5-7-16,21-12-14-24-15-13-21)18(22)23-17-8-10-20(2)11-9-17/h3-7,17H,8-15H2,1-2H3/p+1. The average Bonchev–Trinajstić information content (AvgIpc) is 2.64. The molecule has 5 heteroatoms. The lowest BCUT2D eigenvalue weighted by Crippen LogP contribution is -3.10. The largest absolute Gasteiger partial charge is 0.460 e. The molecule has 1 atom stereocenters. The van der Waals surface area contributed by atoms with Crippen molar-refractivity contribution in [3.8, 4) is 0 Å². The van der Waals surface area contributed by atoms with E-state index >= 15 is 0 Å². The van der Waals surface area contributed by atoms with Crippen molar-refractivity contribution in [3.05, 3.63) is 35.9 Å².